The highest BCUT2D eigenvalue weighted by atomic mass is 35.5. The van der Waals surface area contributed by atoms with Gasteiger partial charge in [-0.2, -0.15) is 19.9 Å². The number of halogens is 1. The highest BCUT2D eigenvalue weighted by Gasteiger charge is 2.30. The molecule has 2 aliphatic heterocycles. The third-order valence-electron chi connectivity index (χ3n) is 6.76. The lowest BCUT2D eigenvalue weighted by molar-refractivity contribution is -0.0981. The number of aromatic nitrogens is 8. The molecule has 19 heteroatoms. The highest BCUT2D eigenvalue weighted by molar-refractivity contribution is 6.33. The van der Waals surface area contributed by atoms with Crippen molar-refractivity contribution in [2.45, 2.75) is 70.2 Å². The molecule has 4 aromatic heterocycles. The minimum Gasteiger partial charge on any atom is -0.391 e. The van der Waals surface area contributed by atoms with Crippen LogP contribution in [0.25, 0.3) is 22.3 Å². The molecule has 6 heterocycles. The average Bonchev–Trinajstić information content (AvgIpc) is 3.67. The number of hydrogen-bond acceptors (Lipinski definition) is 16. The van der Waals surface area contributed by atoms with Gasteiger partial charge in [-0.3, -0.25) is 9.13 Å². The van der Waals surface area contributed by atoms with Gasteiger partial charge in [-0.25, -0.2) is 9.97 Å². The topological polar surface area (TPSA) is 255 Å². The van der Waals surface area contributed by atoms with Gasteiger partial charge >= 0.3 is 0 Å². The van der Waals surface area contributed by atoms with Crippen LogP contribution in [0, 0.1) is 0 Å². The molecule has 4 aromatic rings. The van der Waals surface area contributed by atoms with E-state index < -0.39 is 18.8 Å². The molecule has 18 nitrogen and oxygen atoms in total. The van der Waals surface area contributed by atoms with Crippen LogP contribution in [0.4, 0.5) is 17.7 Å². The number of hydrogen-bond donors (Lipinski definition) is 6. The van der Waals surface area contributed by atoms with Crippen LogP contribution in [-0.2, 0) is 18.9 Å². The Morgan fingerprint density at radius 1 is 0.818 bits per heavy atom. The Morgan fingerprint density at radius 3 is 1.80 bits per heavy atom. The van der Waals surface area contributed by atoms with Gasteiger partial charge in [0.25, 0.3) is 0 Å². The zero-order valence-electron chi connectivity index (χ0n) is 23.0. The summed E-state index contributed by atoms with van der Waals surface area (Å²) in [4.78, 5) is 24.8. The van der Waals surface area contributed by atoms with Crippen molar-refractivity contribution in [1.82, 2.24) is 39.0 Å². The summed E-state index contributed by atoms with van der Waals surface area (Å²) in [5, 5.41) is 21.5. The van der Waals surface area contributed by atoms with Crippen molar-refractivity contribution >= 4 is 51.6 Å². The van der Waals surface area contributed by atoms with E-state index in [-0.39, 0.29) is 50.5 Å². The normalized spacial score (nSPS) is 24.4. The number of nitrogens with two attached hydrogens (primary N) is 3. The van der Waals surface area contributed by atoms with Crippen LogP contribution in [0.5, 0.6) is 0 Å². The summed E-state index contributed by atoms with van der Waals surface area (Å²) in [5.74, 6) is 0.897. The second-order valence-corrected chi connectivity index (χ2v) is 10.6. The Bertz CT molecular complexity index is 1560. The molecule has 9 N–H and O–H groups in total. The van der Waals surface area contributed by atoms with Gasteiger partial charge in [0.2, 0.25) is 11.9 Å². The van der Waals surface area contributed by atoms with Crippen molar-refractivity contribution in [3.63, 3.8) is 0 Å². The SMILES string of the molecule is C.NC1CC1.Nc1nc(Cl)c2ncn([C@H]3CO[C@@H](CO)O3)c2n1.Nc1nc(NC2CC2)c2ncn([C@H]3CO[C@@H](CO)O3)c2n1. The molecule has 2 saturated heterocycles. The van der Waals surface area contributed by atoms with E-state index in [9.17, 15) is 0 Å². The molecule has 0 amide bonds. The standard InChI is InChI=1S/C12H16N6O3.C9H10ClN5O3.C3H7N.CH4/c13-12-16-10(15-6-1-2-6)9-11(17-12)18(5-14-9)7-4-20-8(3-19)21-7;10-7-6-8(14-9(11)13-7)15(3-12-6)4-2-17-5(1-16)18-4;4-3-1-2-3;/h5-8,19H,1-4H2,(H3,13,15,16,17);3-5,16H,1-2H2,(H2,11,13,14);3H,1-2,4H2;1H4/t7-,8-;4-,5-;;/m11../s1. The lowest BCUT2D eigenvalue weighted by atomic mass is 10.4. The summed E-state index contributed by atoms with van der Waals surface area (Å²) in [6.45, 7) is 0.222. The zero-order valence-corrected chi connectivity index (χ0v) is 23.7. The van der Waals surface area contributed by atoms with Gasteiger partial charge in [0.05, 0.1) is 39.1 Å². The van der Waals surface area contributed by atoms with Crippen LogP contribution < -0.4 is 22.5 Å². The van der Waals surface area contributed by atoms with Crippen molar-refractivity contribution in [2.24, 2.45) is 5.73 Å². The van der Waals surface area contributed by atoms with Crippen molar-refractivity contribution in [2.75, 3.05) is 43.2 Å². The number of imidazole rings is 2. The number of aliphatic hydroxyl groups excluding tert-OH is 2. The fourth-order valence-corrected chi connectivity index (χ4v) is 4.46. The number of nitrogens with zero attached hydrogens (tertiary/aromatic N) is 8. The molecule has 2 aliphatic carbocycles. The first kappa shape index (κ1) is 31.9. The second-order valence-electron chi connectivity index (χ2n) is 10.3. The van der Waals surface area contributed by atoms with Crippen LogP contribution >= 0.6 is 11.6 Å². The molecule has 4 atom stereocenters. The molecule has 0 radical (unpaired) electrons. The van der Waals surface area contributed by atoms with Crippen LogP contribution in [0.15, 0.2) is 12.7 Å². The van der Waals surface area contributed by atoms with Gasteiger partial charge in [0, 0.05) is 12.1 Å². The summed E-state index contributed by atoms with van der Waals surface area (Å²) in [6.07, 6.45) is 5.89. The molecule has 2 saturated carbocycles. The van der Waals surface area contributed by atoms with Crippen molar-refractivity contribution in [3.8, 4) is 0 Å². The van der Waals surface area contributed by atoms with Crippen LogP contribution in [-0.4, -0.2) is 100 Å². The van der Waals surface area contributed by atoms with Crippen LogP contribution in [0.3, 0.4) is 0 Å². The summed E-state index contributed by atoms with van der Waals surface area (Å²) in [5.41, 5.74) is 18.7. The zero-order chi connectivity index (χ0) is 30.1. The first-order valence-corrected chi connectivity index (χ1v) is 14.1. The minimum absolute atomic E-state index is 0. The Balaban J connectivity index is 0.000000153. The maximum absolute atomic E-state index is 9.06. The van der Waals surface area contributed by atoms with Crippen LogP contribution in [0.1, 0.15) is 45.6 Å². The quantitative estimate of drug-likeness (QED) is 0.158. The molecule has 4 fully saturated rings. The number of anilines is 3. The predicted octanol–water partition coefficient (Wildman–Crippen LogP) is 0.516. The number of ether oxygens (including phenoxy) is 4. The van der Waals surface area contributed by atoms with E-state index in [4.69, 9.17) is 58.0 Å². The molecule has 4 aliphatic rings. The molecular weight excluding hydrogens is 600 g/mol. The number of aliphatic hydroxyl groups is 2. The molecule has 44 heavy (non-hydrogen) atoms. The summed E-state index contributed by atoms with van der Waals surface area (Å²) in [6, 6.07) is 1.03. The van der Waals surface area contributed by atoms with E-state index in [1.54, 1.807) is 15.5 Å². The summed E-state index contributed by atoms with van der Waals surface area (Å²) in [7, 11) is 0. The maximum Gasteiger partial charge on any atom is 0.224 e. The molecule has 8 rings (SSSR count). The third-order valence-corrected chi connectivity index (χ3v) is 7.02. The Morgan fingerprint density at radius 2 is 1.32 bits per heavy atom. The van der Waals surface area contributed by atoms with E-state index in [1.807, 2.05) is 0 Å². The van der Waals surface area contributed by atoms with Crippen molar-refractivity contribution in [3.05, 3.63) is 17.8 Å². The number of fused-ring (bicyclic) bond motifs is 2. The largest absolute Gasteiger partial charge is 0.391 e. The van der Waals surface area contributed by atoms with Crippen molar-refractivity contribution in [1.29, 1.82) is 0 Å². The molecule has 240 valence electrons. The molecule has 0 spiro atoms. The highest BCUT2D eigenvalue weighted by Crippen LogP contribution is 2.31. The monoisotopic (exact) mass is 636 g/mol. The number of nitrogen functional groups attached to an aromatic ring is 2. The lowest BCUT2D eigenvalue weighted by Gasteiger charge is -2.12. The van der Waals surface area contributed by atoms with Gasteiger partial charge in [-0.05, 0) is 25.7 Å². The van der Waals surface area contributed by atoms with E-state index in [0.717, 1.165) is 12.8 Å². The van der Waals surface area contributed by atoms with Gasteiger partial charge in [0.15, 0.2) is 52.8 Å². The summed E-state index contributed by atoms with van der Waals surface area (Å²) >= 11 is 5.92. The van der Waals surface area contributed by atoms with E-state index in [0.29, 0.717) is 46.8 Å². The van der Waals surface area contributed by atoms with E-state index >= 15 is 0 Å². The van der Waals surface area contributed by atoms with Crippen LogP contribution in [0.2, 0.25) is 5.15 Å². The molecule has 0 bridgehead atoms. The maximum atomic E-state index is 9.06. The van der Waals surface area contributed by atoms with Gasteiger partial charge in [-0.1, -0.05) is 19.0 Å². The third kappa shape index (κ3) is 7.24. The van der Waals surface area contributed by atoms with E-state index in [2.05, 4.69) is 35.2 Å². The lowest BCUT2D eigenvalue weighted by Crippen LogP contribution is -2.15. The van der Waals surface area contributed by atoms with Gasteiger partial charge in [0.1, 0.15) is 5.52 Å². The van der Waals surface area contributed by atoms with Crippen molar-refractivity contribution < 1.29 is 29.2 Å². The Hall–Kier alpha value is -3.49. The molecule has 0 unspecified atom stereocenters. The fraction of sp³-hybridized carbons (Fsp3) is 0.600. The second kappa shape index (κ2) is 13.7. The first-order chi connectivity index (χ1) is 20.8. The van der Waals surface area contributed by atoms with Gasteiger partial charge in [-0.15, -0.1) is 0 Å². The number of nitrogens with one attached hydrogen (secondary N) is 1. The van der Waals surface area contributed by atoms with Gasteiger partial charge < -0.3 is 51.7 Å². The first-order valence-electron chi connectivity index (χ1n) is 13.8. The Kier molecular flexibility index (Phi) is 9.90. The smallest absolute Gasteiger partial charge is 0.224 e. The molecular formula is C25H37ClN12O6. The van der Waals surface area contributed by atoms with E-state index in [1.165, 1.54) is 19.2 Å². The fourth-order valence-electron chi connectivity index (χ4n) is 4.24. The average molecular weight is 637 g/mol. The molecule has 0 aromatic carbocycles. The predicted molar refractivity (Wildman–Crippen MR) is 159 cm³/mol. The minimum atomic E-state index is -0.637. The summed E-state index contributed by atoms with van der Waals surface area (Å²) < 4.78 is 24.9. The Labute approximate surface area is 256 Å². The number of rotatable bonds is 6.